The third kappa shape index (κ3) is 6.42. The molecule has 0 bridgehead atoms. The Labute approximate surface area is 237 Å². The number of fused-ring (bicyclic) bond motifs is 1. The minimum atomic E-state index is -0.304. The molecular weight excluding hydrogens is 614 g/mol. The number of hydrogen-bond donors (Lipinski definition) is 1. The molecule has 2 heterocycles. The molecule has 39 heavy (non-hydrogen) atoms. The van der Waals surface area contributed by atoms with Crippen LogP contribution in [-0.2, 0) is 26.2 Å². The van der Waals surface area contributed by atoms with E-state index in [2.05, 4.69) is 54.1 Å². The van der Waals surface area contributed by atoms with Crippen molar-refractivity contribution in [3.8, 4) is 11.5 Å². The van der Waals surface area contributed by atoms with Crippen LogP contribution in [0.4, 0.5) is 4.39 Å². The quantitative estimate of drug-likeness (QED) is 0.224. The van der Waals surface area contributed by atoms with Gasteiger partial charge in [-0.25, -0.2) is 9.07 Å². The summed E-state index contributed by atoms with van der Waals surface area (Å²) in [7, 11) is 3.12. The van der Waals surface area contributed by atoms with Gasteiger partial charge in [-0.3, -0.25) is 9.69 Å². The Bertz CT molecular complexity index is 1650. The molecular formula is C28H26FIN6O3. The molecule has 11 heteroatoms. The SMILES string of the molecule is COc1cc2cc(CN(Cc3ccc(F)cc3)Cc3nnnn3Cc3cccc(I)c3)c(=O)[nH]c2cc1OC. The second-order valence-corrected chi connectivity index (χ2v) is 10.3. The summed E-state index contributed by atoms with van der Waals surface area (Å²) in [4.78, 5) is 18.1. The van der Waals surface area contributed by atoms with E-state index in [1.807, 2.05) is 30.3 Å². The van der Waals surface area contributed by atoms with Gasteiger partial charge in [0.1, 0.15) is 5.82 Å². The molecule has 5 aromatic rings. The zero-order valence-electron chi connectivity index (χ0n) is 21.4. The molecule has 0 saturated heterocycles. The second kappa shape index (κ2) is 11.9. The molecule has 0 amide bonds. The zero-order chi connectivity index (χ0) is 27.4. The molecule has 3 aromatic carbocycles. The van der Waals surface area contributed by atoms with Crippen LogP contribution in [-0.4, -0.2) is 44.3 Å². The van der Waals surface area contributed by atoms with Crippen molar-refractivity contribution in [2.24, 2.45) is 0 Å². The van der Waals surface area contributed by atoms with E-state index >= 15 is 0 Å². The van der Waals surface area contributed by atoms with Crippen LogP contribution in [0.25, 0.3) is 10.9 Å². The third-order valence-corrected chi connectivity index (χ3v) is 7.00. The summed E-state index contributed by atoms with van der Waals surface area (Å²) in [6.07, 6.45) is 0. The first kappa shape index (κ1) is 26.8. The van der Waals surface area contributed by atoms with Crippen molar-refractivity contribution in [2.75, 3.05) is 14.2 Å². The van der Waals surface area contributed by atoms with Gasteiger partial charge in [0.25, 0.3) is 5.56 Å². The lowest BCUT2D eigenvalue weighted by Crippen LogP contribution is -2.28. The number of tetrazole rings is 1. The third-order valence-electron chi connectivity index (χ3n) is 6.33. The smallest absolute Gasteiger partial charge is 0.252 e. The molecule has 0 spiro atoms. The first-order chi connectivity index (χ1) is 18.9. The number of nitrogens with one attached hydrogen (secondary N) is 1. The predicted octanol–water partition coefficient (Wildman–Crippen LogP) is 4.53. The maximum Gasteiger partial charge on any atom is 0.252 e. The van der Waals surface area contributed by atoms with Crippen LogP contribution in [0.2, 0.25) is 0 Å². The number of aromatic nitrogens is 5. The Hall–Kier alpha value is -3.84. The van der Waals surface area contributed by atoms with Crippen LogP contribution in [0, 0.1) is 9.39 Å². The number of nitrogens with zero attached hydrogens (tertiary/aromatic N) is 5. The van der Waals surface area contributed by atoms with Gasteiger partial charge in [-0.15, -0.1) is 5.10 Å². The van der Waals surface area contributed by atoms with E-state index in [-0.39, 0.29) is 11.4 Å². The van der Waals surface area contributed by atoms with Gasteiger partial charge >= 0.3 is 0 Å². The highest BCUT2D eigenvalue weighted by Gasteiger charge is 2.17. The minimum absolute atomic E-state index is 0.211. The molecule has 0 unspecified atom stereocenters. The van der Waals surface area contributed by atoms with Gasteiger partial charge in [-0.1, -0.05) is 24.3 Å². The maximum atomic E-state index is 13.6. The van der Waals surface area contributed by atoms with Crippen LogP contribution in [0.1, 0.15) is 22.5 Å². The number of halogens is 2. The second-order valence-electron chi connectivity index (χ2n) is 9.07. The van der Waals surface area contributed by atoms with E-state index in [0.29, 0.717) is 54.6 Å². The fourth-order valence-electron chi connectivity index (χ4n) is 4.42. The molecule has 1 N–H and O–H groups in total. The molecule has 0 fully saturated rings. The fourth-order valence-corrected chi connectivity index (χ4v) is 5.03. The van der Waals surface area contributed by atoms with Crippen molar-refractivity contribution in [2.45, 2.75) is 26.2 Å². The average molecular weight is 640 g/mol. The Morgan fingerprint density at radius 3 is 2.46 bits per heavy atom. The van der Waals surface area contributed by atoms with Crippen LogP contribution < -0.4 is 15.0 Å². The normalized spacial score (nSPS) is 11.3. The minimum Gasteiger partial charge on any atom is -0.493 e. The number of aromatic amines is 1. The fraction of sp³-hybridized carbons (Fsp3) is 0.214. The van der Waals surface area contributed by atoms with Crippen molar-refractivity contribution in [3.05, 3.63) is 109 Å². The molecule has 0 aliphatic carbocycles. The highest BCUT2D eigenvalue weighted by molar-refractivity contribution is 14.1. The topological polar surface area (TPSA) is 98.2 Å². The van der Waals surface area contributed by atoms with Crippen LogP contribution in [0.5, 0.6) is 11.5 Å². The van der Waals surface area contributed by atoms with Crippen molar-refractivity contribution in [1.29, 1.82) is 0 Å². The number of H-pyrrole nitrogens is 1. The molecule has 0 atom stereocenters. The van der Waals surface area contributed by atoms with E-state index in [0.717, 1.165) is 20.1 Å². The van der Waals surface area contributed by atoms with E-state index in [1.54, 1.807) is 37.1 Å². The van der Waals surface area contributed by atoms with Gasteiger partial charge in [0.05, 0.1) is 32.8 Å². The lowest BCUT2D eigenvalue weighted by Gasteiger charge is -2.22. The van der Waals surface area contributed by atoms with E-state index in [9.17, 15) is 9.18 Å². The van der Waals surface area contributed by atoms with E-state index < -0.39 is 0 Å². The lowest BCUT2D eigenvalue weighted by atomic mass is 10.1. The maximum absolute atomic E-state index is 13.6. The zero-order valence-corrected chi connectivity index (χ0v) is 23.6. The summed E-state index contributed by atoms with van der Waals surface area (Å²) >= 11 is 2.28. The van der Waals surface area contributed by atoms with Crippen LogP contribution in [0.3, 0.4) is 0 Å². The largest absolute Gasteiger partial charge is 0.493 e. The molecule has 0 saturated carbocycles. The number of rotatable bonds is 10. The van der Waals surface area contributed by atoms with E-state index in [1.165, 1.54) is 12.1 Å². The number of pyridine rings is 1. The molecule has 0 aliphatic heterocycles. The first-order valence-electron chi connectivity index (χ1n) is 12.2. The van der Waals surface area contributed by atoms with Crippen molar-refractivity contribution in [3.63, 3.8) is 0 Å². The number of hydrogen-bond acceptors (Lipinski definition) is 7. The van der Waals surface area contributed by atoms with Gasteiger partial charge in [0, 0.05) is 33.7 Å². The van der Waals surface area contributed by atoms with Crippen molar-refractivity contribution >= 4 is 33.5 Å². The lowest BCUT2D eigenvalue weighted by molar-refractivity contribution is 0.236. The molecule has 200 valence electrons. The Balaban J connectivity index is 1.46. The van der Waals surface area contributed by atoms with Gasteiger partial charge in [0.2, 0.25) is 0 Å². The number of methoxy groups -OCH3 is 2. The standard InChI is InChI=1S/C28H26FIN6O3/c1-38-25-12-20-11-21(28(37)31-24(20)13-26(25)39-2)16-35(14-18-6-8-22(29)9-7-18)17-27-32-33-34-36(27)15-19-4-3-5-23(30)10-19/h3-13H,14-17H2,1-2H3,(H,31,37). The molecule has 9 nitrogen and oxygen atoms in total. The Morgan fingerprint density at radius 2 is 1.72 bits per heavy atom. The summed E-state index contributed by atoms with van der Waals surface area (Å²) < 4.78 is 27.3. The predicted molar refractivity (Wildman–Crippen MR) is 153 cm³/mol. The molecule has 5 rings (SSSR count). The van der Waals surface area contributed by atoms with Crippen molar-refractivity contribution < 1.29 is 13.9 Å². The summed E-state index contributed by atoms with van der Waals surface area (Å²) in [5.74, 6) is 1.45. The van der Waals surface area contributed by atoms with E-state index in [4.69, 9.17) is 9.47 Å². The highest BCUT2D eigenvalue weighted by Crippen LogP contribution is 2.31. The average Bonchev–Trinajstić information content (AvgIpc) is 3.35. The molecule has 0 aliphatic rings. The summed E-state index contributed by atoms with van der Waals surface area (Å²) in [5.41, 5.74) is 2.98. The van der Waals surface area contributed by atoms with Crippen LogP contribution >= 0.6 is 22.6 Å². The van der Waals surface area contributed by atoms with Gasteiger partial charge in [-0.2, -0.15) is 0 Å². The van der Waals surface area contributed by atoms with Crippen LogP contribution in [0.15, 0.2) is 71.5 Å². The van der Waals surface area contributed by atoms with Gasteiger partial charge in [-0.05, 0) is 80.5 Å². The monoisotopic (exact) mass is 640 g/mol. The Kier molecular flexibility index (Phi) is 8.17. The summed E-state index contributed by atoms with van der Waals surface area (Å²) in [6, 6.07) is 19.9. The Morgan fingerprint density at radius 1 is 0.949 bits per heavy atom. The highest BCUT2D eigenvalue weighted by atomic mass is 127. The number of ether oxygens (including phenoxy) is 2. The van der Waals surface area contributed by atoms with Gasteiger partial charge in [0.15, 0.2) is 17.3 Å². The summed E-state index contributed by atoms with van der Waals surface area (Å²) in [5, 5.41) is 13.2. The number of benzene rings is 3. The molecule has 0 radical (unpaired) electrons. The summed E-state index contributed by atoms with van der Waals surface area (Å²) in [6.45, 7) is 1.66. The molecule has 2 aromatic heterocycles. The first-order valence-corrected chi connectivity index (χ1v) is 13.2. The van der Waals surface area contributed by atoms with Crippen molar-refractivity contribution in [1.82, 2.24) is 30.1 Å². The van der Waals surface area contributed by atoms with Gasteiger partial charge < -0.3 is 14.5 Å².